The molecule has 0 N–H and O–H groups in total. The van der Waals surface area contributed by atoms with Gasteiger partial charge in [-0.3, -0.25) is 9.59 Å². The van der Waals surface area contributed by atoms with Gasteiger partial charge in [0, 0.05) is 11.1 Å². The van der Waals surface area contributed by atoms with Gasteiger partial charge in [-0.15, -0.1) is 0 Å². The van der Waals surface area contributed by atoms with Crippen LogP contribution in [0.4, 0.5) is 0 Å². The first-order valence-electron chi connectivity index (χ1n) is 9.57. The second kappa shape index (κ2) is 9.61. The lowest BCUT2D eigenvalue weighted by Gasteiger charge is -2.14. The van der Waals surface area contributed by atoms with E-state index in [9.17, 15) is 9.59 Å². The van der Waals surface area contributed by atoms with Crippen molar-refractivity contribution in [1.82, 2.24) is 0 Å². The van der Waals surface area contributed by atoms with Crippen LogP contribution in [0, 0.1) is 5.92 Å². The summed E-state index contributed by atoms with van der Waals surface area (Å²) in [6, 6.07) is 28.3. The monoisotopic (exact) mass is 368 g/mol. The van der Waals surface area contributed by atoms with E-state index in [1.54, 1.807) is 24.3 Å². The van der Waals surface area contributed by atoms with E-state index in [0.29, 0.717) is 17.5 Å². The molecule has 3 aromatic rings. The molecule has 0 spiro atoms. The fourth-order valence-corrected chi connectivity index (χ4v) is 3.23. The average Bonchev–Trinajstić information content (AvgIpc) is 2.77. The van der Waals surface area contributed by atoms with Gasteiger partial charge in [0.25, 0.3) is 0 Å². The molecule has 1 atom stereocenters. The summed E-state index contributed by atoms with van der Waals surface area (Å²) in [5, 5.41) is 0. The lowest BCUT2D eigenvalue weighted by molar-refractivity contribution is 0.0809. The number of ketones is 2. The molecule has 2 heteroatoms. The van der Waals surface area contributed by atoms with Gasteiger partial charge in [-0.2, -0.15) is 0 Å². The summed E-state index contributed by atoms with van der Waals surface area (Å²) in [5.74, 6) is -0.762. The molecule has 0 saturated heterocycles. The van der Waals surface area contributed by atoms with E-state index in [1.807, 2.05) is 60.7 Å². The van der Waals surface area contributed by atoms with Gasteiger partial charge in [-0.25, -0.2) is 0 Å². The van der Waals surface area contributed by atoms with Gasteiger partial charge in [0.05, 0.1) is 5.92 Å². The quantitative estimate of drug-likeness (QED) is 0.273. The zero-order valence-electron chi connectivity index (χ0n) is 16.0. The summed E-state index contributed by atoms with van der Waals surface area (Å²) < 4.78 is 0. The Bertz CT molecular complexity index is 876. The van der Waals surface area contributed by atoms with Crippen molar-refractivity contribution in [3.05, 3.63) is 120 Å². The van der Waals surface area contributed by atoms with Crippen molar-refractivity contribution >= 4 is 11.6 Å². The van der Waals surface area contributed by atoms with E-state index in [-0.39, 0.29) is 17.5 Å². The number of carbonyl (C=O) groups excluding carboxylic acids is 2. The van der Waals surface area contributed by atoms with E-state index in [0.717, 1.165) is 0 Å². The number of carbonyl (C=O) groups is 2. The minimum Gasteiger partial charge on any atom is -0.293 e. The van der Waals surface area contributed by atoms with E-state index in [4.69, 9.17) is 0 Å². The number of benzene rings is 3. The predicted molar refractivity (Wildman–Crippen MR) is 114 cm³/mol. The molecule has 0 bridgehead atoms. The van der Waals surface area contributed by atoms with Crippen LogP contribution in [0.15, 0.2) is 103 Å². The first-order valence-corrected chi connectivity index (χ1v) is 9.57. The molecule has 0 amide bonds. The van der Waals surface area contributed by atoms with E-state index >= 15 is 0 Å². The van der Waals surface area contributed by atoms with Gasteiger partial charge >= 0.3 is 0 Å². The fraction of sp³-hybridized carbons (Fsp3) is 0.154. The minimum atomic E-state index is -0.718. The van der Waals surface area contributed by atoms with Gasteiger partial charge in [-0.1, -0.05) is 110 Å². The SMILES string of the molecule is CC(/C=C/CC(C(=O)c1ccccc1)C(=O)c1ccccc1)c1ccccc1. The van der Waals surface area contributed by atoms with Crippen LogP contribution in [0.2, 0.25) is 0 Å². The lowest BCUT2D eigenvalue weighted by atomic mass is 9.87. The Morgan fingerprint density at radius 3 is 1.61 bits per heavy atom. The van der Waals surface area contributed by atoms with Gasteiger partial charge in [0.1, 0.15) is 0 Å². The largest absolute Gasteiger partial charge is 0.293 e. The molecule has 0 fully saturated rings. The van der Waals surface area contributed by atoms with Gasteiger partial charge < -0.3 is 0 Å². The number of hydrogen-bond acceptors (Lipinski definition) is 2. The van der Waals surface area contributed by atoms with Gasteiger partial charge in [0.15, 0.2) is 11.6 Å². The third kappa shape index (κ3) is 4.92. The highest BCUT2D eigenvalue weighted by Gasteiger charge is 2.27. The lowest BCUT2D eigenvalue weighted by Crippen LogP contribution is -2.24. The summed E-state index contributed by atoms with van der Waals surface area (Å²) in [6.45, 7) is 2.11. The Balaban J connectivity index is 1.81. The Morgan fingerprint density at radius 1 is 0.714 bits per heavy atom. The summed E-state index contributed by atoms with van der Waals surface area (Å²) >= 11 is 0. The number of hydrogen-bond donors (Lipinski definition) is 0. The Hall–Kier alpha value is -3.26. The van der Waals surface area contributed by atoms with E-state index < -0.39 is 5.92 Å². The summed E-state index contributed by atoms with van der Waals surface area (Å²) in [5.41, 5.74) is 2.35. The molecule has 1 unspecified atom stereocenters. The van der Waals surface area contributed by atoms with Gasteiger partial charge in [-0.05, 0) is 17.9 Å². The molecule has 0 aliphatic carbocycles. The molecule has 0 aromatic heterocycles. The van der Waals surface area contributed by atoms with Crippen LogP contribution in [0.5, 0.6) is 0 Å². The van der Waals surface area contributed by atoms with Crippen molar-refractivity contribution in [1.29, 1.82) is 0 Å². The minimum absolute atomic E-state index is 0.133. The van der Waals surface area contributed by atoms with Crippen molar-refractivity contribution in [2.45, 2.75) is 19.3 Å². The zero-order chi connectivity index (χ0) is 19.8. The maximum atomic E-state index is 13.1. The van der Waals surface area contributed by atoms with Crippen LogP contribution in [-0.4, -0.2) is 11.6 Å². The molecule has 0 radical (unpaired) electrons. The highest BCUT2D eigenvalue weighted by Crippen LogP contribution is 2.21. The van der Waals surface area contributed by atoms with Crippen molar-refractivity contribution < 1.29 is 9.59 Å². The summed E-state index contributed by atoms with van der Waals surface area (Å²) in [6.07, 6.45) is 4.42. The predicted octanol–water partition coefficient (Wildman–Crippen LogP) is 6.12. The van der Waals surface area contributed by atoms with Crippen LogP contribution in [0.25, 0.3) is 0 Å². The molecule has 2 nitrogen and oxygen atoms in total. The Kier molecular flexibility index (Phi) is 6.69. The maximum Gasteiger partial charge on any atom is 0.174 e. The van der Waals surface area contributed by atoms with Crippen molar-refractivity contribution in [3.63, 3.8) is 0 Å². The van der Waals surface area contributed by atoms with E-state index in [2.05, 4.69) is 25.1 Å². The smallest absolute Gasteiger partial charge is 0.174 e. The second-order valence-electron chi connectivity index (χ2n) is 6.88. The summed E-state index contributed by atoms with van der Waals surface area (Å²) in [7, 11) is 0. The standard InChI is InChI=1S/C26H24O2/c1-20(21-13-5-2-6-14-21)12-11-19-24(25(27)22-15-7-3-8-16-22)26(28)23-17-9-4-10-18-23/h2-18,20,24H,19H2,1H3/b12-11+. The molecule has 0 saturated carbocycles. The molecule has 3 rings (SSSR count). The highest BCUT2D eigenvalue weighted by molar-refractivity contribution is 6.16. The average molecular weight is 368 g/mol. The molecule has 0 heterocycles. The van der Waals surface area contributed by atoms with E-state index in [1.165, 1.54) is 5.56 Å². The van der Waals surface area contributed by atoms with Crippen molar-refractivity contribution in [2.24, 2.45) is 5.92 Å². The zero-order valence-corrected chi connectivity index (χ0v) is 16.0. The van der Waals surface area contributed by atoms with Crippen LogP contribution in [0.3, 0.4) is 0 Å². The normalized spacial score (nSPS) is 12.2. The van der Waals surface area contributed by atoms with Crippen molar-refractivity contribution in [2.75, 3.05) is 0 Å². The topological polar surface area (TPSA) is 34.1 Å². The van der Waals surface area contributed by atoms with Crippen LogP contribution in [-0.2, 0) is 0 Å². The first-order chi connectivity index (χ1) is 13.7. The molecule has 0 aliphatic heterocycles. The number of allylic oxidation sites excluding steroid dienone is 2. The maximum absolute atomic E-state index is 13.1. The highest BCUT2D eigenvalue weighted by atomic mass is 16.1. The molecule has 0 aliphatic rings. The fourth-order valence-electron chi connectivity index (χ4n) is 3.23. The van der Waals surface area contributed by atoms with Crippen LogP contribution in [0.1, 0.15) is 45.5 Å². The number of Topliss-reactive ketones (excluding diaryl/α,β-unsaturated/α-hetero) is 2. The van der Waals surface area contributed by atoms with Crippen molar-refractivity contribution in [3.8, 4) is 0 Å². The summed E-state index contributed by atoms with van der Waals surface area (Å²) in [4.78, 5) is 26.1. The molecular formula is C26H24O2. The molecule has 140 valence electrons. The third-order valence-corrected chi connectivity index (χ3v) is 4.87. The number of rotatable bonds is 8. The van der Waals surface area contributed by atoms with Crippen LogP contribution < -0.4 is 0 Å². The third-order valence-electron chi connectivity index (χ3n) is 4.87. The Morgan fingerprint density at radius 2 is 1.14 bits per heavy atom. The second-order valence-corrected chi connectivity index (χ2v) is 6.88. The van der Waals surface area contributed by atoms with Crippen LogP contribution >= 0.6 is 0 Å². The molecule has 3 aromatic carbocycles. The Labute approximate surface area is 166 Å². The van der Waals surface area contributed by atoms with Gasteiger partial charge in [0.2, 0.25) is 0 Å². The first kappa shape index (κ1) is 19.5. The molecule has 28 heavy (non-hydrogen) atoms. The molecular weight excluding hydrogens is 344 g/mol.